The van der Waals surface area contributed by atoms with Crippen LogP contribution in [0.25, 0.3) is 0 Å². The van der Waals surface area contributed by atoms with Crippen LogP contribution in [-0.2, 0) is 9.59 Å². The molecule has 7 nitrogen and oxygen atoms in total. The van der Waals surface area contributed by atoms with Gasteiger partial charge in [0, 0.05) is 32.2 Å². The second kappa shape index (κ2) is 7.02. The summed E-state index contributed by atoms with van der Waals surface area (Å²) in [5, 5.41) is 6.41. The number of anilines is 2. The lowest BCUT2D eigenvalue weighted by Crippen LogP contribution is -2.49. The van der Waals surface area contributed by atoms with Gasteiger partial charge in [0.15, 0.2) is 5.82 Å². The molecule has 0 spiro atoms. The normalized spacial score (nSPS) is 21.9. The Morgan fingerprint density at radius 2 is 1.93 bits per heavy atom. The van der Waals surface area contributed by atoms with Crippen molar-refractivity contribution in [1.82, 2.24) is 10.1 Å². The first kappa shape index (κ1) is 17.5. The van der Waals surface area contributed by atoms with E-state index < -0.39 is 0 Å². The summed E-state index contributed by atoms with van der Waals surface area (Å²) in [6, 6.07) is 8.30. The number of nitrogens with zero attached hydrogens (tertiary/aromatic N) is 3. The van der Waals surface area contributed by atoms with Gasteiger partial charge < -0.3 is 19.6 Å². The number of hydrogen-bond donors (Lipinski definition) is 1. The topological polar surface area (TPSA) is 78.7 Å². The molecule has 1 aliphatic carbocycles. The number of benzene rings is 1. The fourth-order valence-corrected chi connectivity index (χ4v) is 3.51. The molecular weight excluding hydrogens is 351 g/mol. The van der Waals surface area contributed by atoms with Crippen LogP contribution in [0.2, 0.25) is 0 Å². The standard InChI is InChI=1S/C19H21FN4O3/c1-12-10-17(22-27-12)21-18(25)13-11-14(13)19(26)24-8-6-23(7-9-24)16-5-3-2-4-15(16)20/h2-5,10,13-14H,6-9,11H2,1H3,(H,21,22,25). The Kier molecular flexibility index (Phi) is 4.55. The number of piperazine rings is 1. The number of carbonyl (C=O) groups is 2. The number of carbonyl (C=O) groups excluding carboxylic acids is 2. The monoisotopic (exact) mass is 372 g/mol. The third-order valence-corrected chi connectivity index (χ3v) is 5.11. The van der Waals surface area contributed by atoms with Crippen molar-refractivity contribution in [2.75, 3.05) is 36.4 Å². The molecule has 1 N–H and O–H groups in total. The van der Waals surface area contributed by atoms with Crippen molar-refractivity contribution < 1.29 is 18.5 Å². The first-order valence-corrected chi connectivity index (χ1v) is 9.05. The molecule has 2 aliphatic rings. The summed E-state index contributed by atoms with van der Waals surface area (Å²) in [5.41, 5.74) is 0.566. The van der Waals surface area contributed by atoms with E-state index in [1.165, 1.54) is 6.07 Å². The van der Waals surface area contributed by atoms with Crippen LogP contribution in [-0.4, -0.2) is 48.0 Å². The summed E-state index contributed by atoms with van der Waals surface area (Å²) >= 11 is 0. The fourth-order valence-electron chi connectivity index (χ4n) is 3.51. The molecule has 2 fully saturated rings. The highest BCUT2D eigenvalue weighted by Crippen LogP contribution is 2.41. The van der Waals surface area contributed by atoms with E-state index in [1.807, 2.05) is 4.90 Å². The second-order valence-electron chi connectivity index (χ2n) is 7.02. The van der Waals surface area contributed by atoms with Crippen molar-refractivity contribution in [1.29, 1.82) is 0 Å². The highest BCUT2D eigenvalue weighted by molar-refractivity contribution is 5.99. The van der Waals surface area contributed by atoms with E-state index in [1.54, 1.807) is 36.1 Å². The first-order valence-electron chi connectivity index (χ1n) is 9.05. The minimum Gasteiger partial charge on any atom is -0.366 e. The third kappa shape index (κ3) is 3.65. The van der Waals surface area contributed by atoms with Gasteiger partial charge >= 0.3 is 0 Å². The number of aromatic nitrogens is 1. The lowest BCUT2D eigenvalue weighted by atomic mass is 10.2. The number of halogens is 1. The molecule has 8 heteroatoms. The molecule has 1 aromatic heterocycles. The Bertz CT molecular complexity index is 860. The van der Waals surface area contributed by atoms with Crippen molar-refractivity contribution in [2.45, 2.75) is 13.3 Å². The fraction of sp³-hybridized carbons (Fsp3) is 0.421. The summed E-state index contributed by atoms with van der Waals surface area (Å²) < 4.78 is 18.8. The first-order chi connectivity index (χ1) is 13.0. The van der Waals surface area contributed by atoms with E-state index in [-0.39, 0.29) is 29.5 Å². The molecular formula is C19H21FN4O3. The van der Waals surface area contributed by atoms with Crippen molar-refractivity contribution in [2.24, 2.45) is 11.8 Å². The minimum absolute atomic E-state index is 0.000308. The smallest absolute Gasteiger partial charge is 0.229 e. The number of aryl methyl sites for hydroxylation is 1. The Labute approximate surface area is 156 Å². The second-order valence-corrected chi connectivity index (χ2v) is 7.02. The van der Waals surface area contributed by atoms with Crippen LogP contribution in [0.15, 0.2) is 34.9 Å². The highest BCUT2D eigenvalue weighted by Gasteiger charge is 2.49. The largest absolute Gasteiger partial charge is 0.366 e. The van der Waals surface area contributed by atoms with Gasteiger partial charge in [-0.25, -0.2) is 4.39 Å². The number of amides is 2. The van der Waals surface area contributed by atoms with Gasteiger partial charge in [-0.1, -0.05) is 17.3 Å². The van der Waals surface area contributed by atoms with Gasteiger partial charge in [0.2, 0.25) is 11.8 Å². The van der Waals surface area contributed by atoms with Gasteiger partial charge in [-0.3, -0.25) is 9.59 Å². The molecule has 1 saturated carbocycles. The molecule has 142 valence electrons. The zero-order valence-corrected chi connectivity index (χ0v) is 15.0. The average molecular weight is 372 g/mol. The number of rotatable bonds is 4. The van der Waals surface area contributed by atoms with Crippen LogP contribution in [0.3, 0.4) is 0 Å². The molecule has 2 unspecified atom stereocenters. The molecule has 1 aliphatic heterocycles. The van der Waals surface area contributed by atoms with Crippen LogP contribution in [0.1, 0.15) is 12.2 Å². The van der Waals surface area contributed by atoms with Crippen molar-refractivity contribution in [3.63, 3.8) is 0 Å². The Morgan fingerprint density at radius 3 is 2.59 bits per heavy atom. The minimum atomic E-state index is -0.320. The van der Waals surface area contributed by atoms with Gasteiger partial charge in [-0.2, -0.15) is 0 Å². The van der Waals surface area contributed by atoms with E-state index >= 15 is 0 Å². The molecule has 2 heterocycles. The van der Waals surface area contributed by atoms with Crippen molar-refractivity contribution >= 4 is 23.3 Å². The molecule has 4 rings (SSSR count). The van der Waals surface area contributed by atoms with E-state index in [2.05, 4.69) is 10.5 Å². The summed E-state index contributed by atoms with van der Waals surface area (Å²) in [6.07, 6.45) is 0.551. The zero-order chi connectivity index (χ0) is 19.0. The number of para-hydroxylation sites is 1. The average Bonchev–Trinajstić information content (AvgIpc) is 3.38. The maximum atomic E-state index is 13.9. The van der Waals surface area contributed by atoms with Gasteiger partial charge in [-0.15, -0.1) is 0 Å². The van der Waals surface area contributed by atoms with Gasteiger partial charge in [-0.05, 0) is 25.5 Å². The molecule has 2 atom stereocenters. The number of hydrogen-bond acceptors (Lipinski definition) is 5. The maximum absolute atomic E-state index is 13.9. The molecule has 2 amide bonds. The summed E-state index contributed by atoms with van der Waals surface area (Å²) in [5.74, 6) is -0.0710. The van der Waals surface area contributed by atoms with E-state index in [4.69, 9.17) is 4.52 Å². The Morgan fingerprint density at radius 1 is 1.19 bits per heavy atom. The van der Waals surface area contributed by atoms with Crippen LogP contribution in [0.5, 0.6) is 0 Å². The van der Waals surface area contributed by atoms with Gasteiger partial charge in [0.1, 0.15) is 11.6 Å². The van der Waals surface area contributed by atoms with Crippen LogP contribution >= 0.6 is 0 Å². The lowest BCUT2D eigenvalue weighted by Gasteiger charge is -2.36. The predicted molar refractivity (Wildman–Crippen MR) is 96.7 cm³/mol. The lowest BCUT2D eigenvalue weighted by molar-refractivity contribution is -0.134. The van der Waals surface area contributed by atoms with E-state index in [0.29, 0.717) is 49.9 Å². The molecule has 1 saturated heterocycles. The SMILES string of the molecule is Cc1cc(NC(=O)C2CC2C(=O)N2CCN(c3ccccc3F)CC2)no1. The van der Waals surface area contributed by atoms with E-state index in [0.717, 1.165) is 0 Å². The van der Waals surface area contributed by atoms with Crippen LogP contribution in [0.4, 0.5) is 15.9 Å². The number of nitrogens with one attached hydrogen (secondary N) is 1. The quantitative estimate of drug-likeness (QED) is 0.889. The summed E-state index contributed by atoms with van der Waals surface area (Å²) in [4.78, 5) is 28.6. The van der Waals surface area contributed by atoms with E-state index in [9.17, 15) is 14.0 Å². The molecule has 0 bridgehead atoms. The molecule has 1 aromatic carbocycles. The summed E-state index contributed by atoms with van der Waals surface area (Å²) in [7, 11) is 0. The van der Waals surface area contributed by atoms with Crippen LogP contribution in [0, 0.1) is 24.6 Å². The maximum Gasteiger partial charge on any atom is 0.229 e. The Hall–Kier alpha value is -2.90. The predicted octanol–water partition coefficient (Wildman–Crippen LogP) is 2.05. The Balaban J connectivity index is 1.29. The van der Waals surface area contributed by atoms with Gasteiger partial charge in [0.05, 0.1) is 17.5 Å². The highest BCUT2D eigenvalue weighted by atomic mass is 19.1. The van der Waals surface area contributed by atoms with Gasteiger partial charge in [0.25, 0.3) is 0 Å². The molecule has 2 aromatic rings. The summed E-state index contributed by atoms with van der Waals surface area (Å²) in [6.45, 7) is 3.96. The van der Waals surface area contributed by atoms with Crippen molar-refractivity contribution in [3.8, 4) is 0 Å². The molecule has 27 heavy (non-hydrogen) atoms. The zero-order valence-electron chi connectivity index (χ0n) is 15.0. The van der Waals surface area contributed by atoms with Crippen LogP contribution < -0.4 is 10.2 Å². The molecule has 0 radical (unpaired) electrons. The van der Waals surface area contributed by atoms with Crippen molar-refractivity contribution in [3.05, 3.63) is 41.9 Å². The third-order valence-electron chi connectivity index (χ3n) is 5.11.